The van der Waals surface area contributed by atoms with Gasteiger partial charge in [0, 0.05) is 33.4 Å². The van der Waals surface area contributed by atoms with Crippen LogP contribution in [-0.4, -0.2) is 45.3 Å². The molecule has 0 amide bonds. The molecule has 0 saturated carbocycles. The zero-order chi connectivity index (χ0) is 12.7. The van der Waals surface area contributed by atoms with Crippen molar-refractivity contribution in [1.82, 2.24) is 0 Å². The van der Waals surface area contributed by atoms with Crippen LogP contribution in [0.4, 0.5) is 0 Å². The molecule has 0 aliphatic carbocycles. The van der Waals surface area contributed by atoms with Crippen molar-refractivity contribution in [2.75, 3.05) is 33.5 Å². The maximum Gasteiger partial charge on any atom is 0.319 e. The Kier molecular flexibility index (Phi) is 5.58. The van der Waals surface area contributed by atoms with Gasteiger partial charge in [0.25, 0.3) is 0 Å². The van der Waals surface area contributed by atoms with Gasteiger partial charge in [-0.15, -0.1) is 0 Å². The molecular weight excluding hydrogens is 224 g/mol. The third-order valence-corrected chi connectivity index (χ3v) is 3.14. The third-order valence-electron chi connectivity index (χ3n) is 3.14. The molecule has 0 radical (unpaired) electrons. The fraction of sp³-hybridized carbons (Fsp3) is 0.833. The van der Waals surface area contributed by atoms with Gasteiger partial charge in [-0.25, -0.2) is 0 Å². The van der Waals surface area contributed by atoms with Crippen molar-refractivity contribution in [2.45, 2.75) is 26.2 Å². The summed E-state index contributed by atoms with van der Waals surface area (Å²) in [5, 5.41) is 0. The lowest BCUT2D eigenvalue weighted by Gasteiger charge is -2.20. The van der Waals surface area contributed by atoms with Crippen molar-refractivity contribution in [1.29, 1.82) is 0 Å². The molecule has 0 aromatic heterocycles. The van der Waals surface area contributed by atoms with Gasteiger partial charge in [-0.1, -0.05) is 0 Å². The van der Waals surface area contributed by atoms with Gasteiger partial charge in [0.1, 0.15) is 11.2 Å². The molecule has 0 aromatic rings. The van der Waals surface area contributed by atoms with E-state index in [1.807, 2.05) is 0 Å². The second-order valence-corrected chi connectivity index (χ2v) is 4.23. The lowest BCUT2D eigenvalue weighted by Crippen LogP contribution is -2.35. The van der Waals surface area contributed by atoms with E-state index in [9.17, 15) is 9.59 Å². The van der Waals surface area contributed by atoms with E-state index in [1.54, 1.807) is 7.11 Å². The highest BCUT2D eigenvalue weighted by Gasteiger charge is 2.48. The summed E-state index contributed by atoms with van der Waals surface area (Å²) < 4.78 is 15.2. The average molecular weight is 244 g/mol. The number of Topliss-reactive ketones (excluding diaryl/α,β-unsaturated/α-hetero) is 1. The predicted octanol–water partition coefficient (Wildman–Crippen LogP) is 0.952. The van der Waals surface area contributed by atoms with Crippen LogP contribution in [0.25, 0.3) is 0 Å². The zero-order valence-electron chi connectivity index (χ0n) is 10.5. The summed E-state index contributed by atoms with van der Waals surface area (Å²) in [7, 11) is 1.64. The Labute approximate surface area is 101 Å². The van der Waals surface area contributed by atoms with Crippen LogP contribution >= 0.6 is 0 Å². The lowest BCUT2D eigenvalue weighted by molar-refractivity contribution is -0.151. The molecule has 1 unspecified atom stereocenters. The van der Waals surface area contributed by atoms with Crippen LogP contribution in [0.15, 0.2) is 0 Å². The second-order valence-electron chi connectivity index (χ2n) is 4.23. The Hall–Kier alpha value is -0.940. The van der Waals surface area contributed by atoms with Crippen LogP contribution in [0, 0.1) is 5.41 Å². The normalized spacial score (nSPS) is 23.8. The molecule has 1 aliphatic rings. The Balaban J connectivity index is 2.31. The Morgan fingerprint density at radius 2 is 2.18 bits per heavy atom. The highest BCUT2D eigenvalue weighted by Crippen LogP contribution is 2.34. The number of hydrogen-bond acceptors (Lipinski definition) is 5. The monoisotopic (exact) mass is 244 g/mol. The summed E-state index contributed by atoms with van der Waals surface area (Å²) in [4.78, 5) is 23.2. The van der Waals surface area contributed by atoms with Gasteiger partial charge in [0.05, 0.1) is 6.61 Å². The van der Waals surface area contributed by atoms with E-state index < -0.39 is 11.4 Å². The first-order chi connectivity index (χ1) is 8.13. The number of cyclic esters (lactones) is 1. The number of hydrogen-bond donors (Lipinski definition) is 0. The average Bonchev–Trinajstić information content (AvgIpc) is 2.66. The molecule has 1 heterocycles. The highest BCUT2D eigenvalue weighted by atomic mass is 16.5. The molecule has 1 fully saturated rings. The first kappa shape index (κ1) is 14.1. The van der Waals surface area contributed by atoms with E-state index in [4.69, 9.17) is 14.2 Å². The number of methoxy groups -OCH3 is 1. The van der Waals surface area contributed by atoms with Crippen molar-refractivity contribution < 1.29 is 23.8 Å². The minimum absolute atomic E-state index is 0.125. The summed E-state index contributed by atoms with van der Waals surface area (Å²) >= 11 is 0. The van der Waals surface area contributed by atoms with E-state index in [1.165, 1.54) is 6.92 Å². The van der Waals surface area contributed by atoms with Crippen LogP contribution in [-0.2, 0) is 23.8 Å². The van der Waals surface area contributed by atoms with Crippen molar-refractivity contribution in [3.63, 3.8) is 0 Å². The van der Waals surface area contributed by atoms with Crippen molar-refractivity contribution in [3.8, 4) is 0 Å². The zero-order valence-corrected chi connectivity index (χ0v) is 10.5. The number of ketones is 1. The molecule has 98 valence electrons. The fourth-order valence-electron chi connectivity index (χ4n) is 1.93. The third kappa shape index (κ3) is 3.51. The van der Waals surface area contributed by atoms with Crippen LogP contribution in [0.5, 0.6) is 0 Å². The van der Waals surface area contributed by atoms with Crippen LogP contribution < -0.4 is 0 Å². The summed E-state index contributed by atoms with van der Waals surface area (Å²) in [6, 6.07) is 0. The lowest BCUT2D eigenvalue weighted by atomic mass is 9.80. The van der Waals surface area contributed by atoms with Gasteiger partial charge < -0.3 is 14.2 Å². The Bertz CT molecular complexity index is 276. The van der Waals surface area contributed by atoms with Crippen LogP contribution in [0.1, 0.15) is 26.2 Å². The highest BCUT2D eigenvalue weighted by molar-refractivity contribution is 6.03. The number of carbonyl (C=O) groups is 2. The van der Waals surface area contributed by atoms with E-state index in [-0.39, 0.29) is 5.78 Å². The summed E-state index contributed by atoms with van der Waals surface area (Å²) in [5.41, 5.74) is -0.957. The fourth-order valence-corrected chi connectivity index (χ4v) is 1.93. The van der Waals surface area contributed by atoms with Gasteiger partial charge in [0.15, 0.2) is 0 Å². The van der Waals surface area contributed by atoms with Crippen molar-refractivity contribution in [3.05, 3.63) is 0 Å². The number of rotatable bonds is 8. The standard InChI is InChI=1S/C12H20O5/c1-10(13)12(5-9-17-11(12)14)4-8-16-7-3-6-15-2/h3-9H2,1-2H3. The molecule has 1 rings (SSSR count). The van der Waals surface area contributed by atoms with Crippen molar-refractivity contribution >= 4 is 11.8 Å². The summed E-state index contributed by atoms with van der Waals surface area (Å²) in [6.45, 7) is 3.41. The topological polar surface area (TPSA) is 61.8 Å². The van der Waals surface area contributed by atoms with Gasteiger partial charge >= 0.3 is 5.97 Å². The predicted molar refractivity (Wildman–Crippen MR) is 60.6 cm³/mol. The quantitative estimate of drug-likeness (QED) is 0.361. The maximum atomic E-state index is 11.6. The smallest absolute Gasteiger partial charge is 0.319 e. The minimum atomic E-state index is -0.957. The number of carbonyl (C=O) groups excluding carboxylic acids is 2. The molecule has 0 aromatic carbocycles. The number of esters is 1. The number of ether oxygens (including phenoxy) is 3. The van der Waals surface area contributed by atoms with Crippen molar-refractivity contribution in [2.24, 2.45) is 5.41 Å². The molecule has 0 spiro atoms. The molecule has 5 heteroatoms. The van der Waals surface area contributed by atoms with E-state index in [0.29, 0.717) is 39.3 Å². The first-order valence-electron chi connectivity index (χ1n) is 5.88. The molecule has 1 atom stereocenters. The summed E-state index contributed by atoms with van der Waals surface area (Å²) in [5.74, 6) is -0.522. The van der Waals surface area contributed by atoms with Gasteiger partial charge in [-0.3, -0.25) is 9.59 Å². The Morgan fingerprint density at radius 1 is 1.41 bits per heavy atom. The van der Waals surface area contributed by atoms with E-state index in [2.05, 4.69) is 0 Å². The Morgan fingerprint density at radius 3 is 2.71 bits per heavy atom. The van der Waals surface area contributed by atoms with Gasteiger partial charge in [-0.05, 0) is 19.8 Å². The van der Waals surface area contributed by atoms with Gasteiger partial charge in [0.2, 0.25) is 0 Å². The second kappa shape index (κ2) is 6.71. The minimum Gasteiger partial charge on any atom is -0.465 e. The van der Waals surface area contributed by atoms with E-state index in [0.717, 1.165) is 6.42 Å². The van der Waals surface area contributed by atoms with Crippen LogP contribution in [0.2, 0.25) is 0 Å². The van der Waals surface area contributed by atoms with Crippen LogP contribution in [0.3, 0.4) is 0 Å². The largest absolute Gasteiger partial charge is 0.465 e. The van der Waals surface area contributed by atoms with Gasteiger partial charge in [-0.2, -0.15) is 0 Å². The SMILES string of the molecule is COCCCOCCC1(C(C)=O)CCOC1=O. The summed E-state index contributed by atoms with van der Waals surface area (Å²) in [6.07, 6.45) is 1.70. The molecule has 5 nitrogen and oxygen atoms in total. The maximum absolute atomic E-state index is 11.6. The first-order valence-corrected chi connectivity index (χ1v) is 5.88. The molecule has 17 heavy (non-hydrogen) atoms. The van der Waals surface area contributed by atoms with E-state index >= 15 is 0 Å². The molecule has 0 bridgehead atoms. The molecule has 0 N–H and O–H groups in total. The molecule has 1 aliphatic heterocycles. The molecule has 1 saturated heterocycles. The molecular formula is C12H20O5.